The Morgan fingerprint density at radius 2 is 2.27 bits per heavy atom. The molecule has 0 spiro atoms. The summed E-state index contributed by atoms with van der Waals surface area (Å²) in [6.45, 7) is 1.72. The smallest absolute Gasteiger partial charge is 0.341 e. The largest absolute Gasteiger partial charge is 0.471 e. The molecule has 6 heteroatoms. The van der Waals surface area contributed by atoms with E-state index in [0.29, 0.717) is 6.42 Å². The van der Waals surface area contributed by atoms with Gasteiger partial charge in [-0.1, -0.05) is 13.0 Å². The third kappa shape index (κ3) is 3.23. The first-order valence-corrected chi connectivity index (χ1v) is 5.24. The maximum Gasteiger partial charge on any atom is 0.471 e. The van der Waals surface area contributed by atoms with Crippen LogP contribution in [0.5, 0.6) is 0 Å². The summed E-state index contributed by atoms with van der Waals surface area (Å²) in [4.78, 5) is 11.4. The standard InChI is InChI=1S/C9H10F3NOS/c1-2-6(7-4-3-5-15-7)13-8(14)9(10,11)12/h3-6H,2H2,1H3,(H,13,14). The fraction of sp³-hybridized carbons (Fsp3) is 0.444. The lowest BCUT2D eigenvalue weighted by Crippen LogP contribution is -2.38. The van der Waals surface area contributed by atoms with Gasteiger partial charge >= 0.3 is 12.1 Å². The maximum atomic E-state index is 12.0. The third-order valence-corrected chi connectivity index (χ3v) is 2.84. The third-order valence-electron chi connectivity index (χ3n) is 1.86. The number of rotatable bonds is 3. The van der Waals surface area contributed by atoms with E-state index in [0.717, 1.165) is 4.88 Å². The molecule has 2 nitrogen and oxygen atoms in total. The number of nitrogens with one attached hydrogen (secondary N) is 1. The molecule has 1 atom stereocenters. The second kappa shape index (κ2) is 4.65. The van der Waals surface area contributed by atoms with Gasteiger partial charge in [-0.3, -0.25) is 4.79 Å². The fourth-order valence-electron chi connectivity index (χ4n) is 1.10. The average molecular weight is 237 g/mol. The van der Waals surface area contributed by atoms with Gasteiger partial charge < -0.3 is 5.32 Å². The van der Waals surface area contributed by atoms with Gasteiger partial charge in [-0.25, -0.2) is 0 Å². The molecule has 1 aromatic heterocycles. The minimum absolute atomic E-state index is 0.433. The lowest BCUT2D eigenvalue weighted by Gasteiger charge is -2.16. The molecule has 0 aliphatic heterocycles. The lowest BCUT2D eigenvalue weighted by atomic mass is 10.2. The molecule has 0 aromatic carbocycles. The van der Waals surface area contributed by atoms with Crippen LogP contribution in [0, 0.1) is 0 Å². The fourth-order valence-corrected chi connectivity index (χ4v) is 1.97. The number of amides is 1. The number of hydrogen-bond donors (Lipinski definition) is 1. The lowest BCUT2D eigenvalue weighted by molar-refractivity contribution is -0.174. The zero-order chi connectivity index (χ0) is 11.5. The molecule has 84 valence electrons. The summed E-state index contributed by atoms with van der Waals surface area (Å²) in [5, 5.41) is 3.72. The SMILES string of the molecule is CCC(NC(=O)C(F)(F)F)c1cccs1. The van der Waals surface area contributed by atoms with Gasteiger partial charge in [0.05, 0.1) is 6.04 Å². The molecule has 1 heterocycles. The molecule has 1 rings (SSSR count). The first-order valence-electron chi connectivity index (χ1n) is 4.36. The highest BCUT2D eigenvalue weighted by molar-refractivity contribution is 7.10. The summed E-state index contributed by atoms with van der Waals surface area (Å²) in [7, 11) is 0. The maximum absolute atomic E-state index is 12.0. The molecular weight excluding hydrogens is 227 g/mol. The average Bonchev–Trinajstić information content (AvgIpc) is 2.64. The Morgan fingerprint density at radius 1 is 1.60 bits per heavy atom. The number of thiophene rings is 1. The van der Waals surface area contributed by atoms with Crippen molar-refractivity contribution < 1.29 is 18.0 Å². The highest BCUT2D eigenvalue weighted by Crippen LogP contribution is 2.24. The molecule has 0 saturated heterocycles. The highest BCUT2D eigenvalue weighted by Gasteiger charge is 2.39. The minimum atomic E-state index is -4.81. The molecule has 0 radical (unpaired) electrons. The first-order chi connectivity index (χ1) is 6.95. The van der Waals surface area contributed by atoms with E-state index >= 15 is 0 Å². The number of hydrogen-bond acceptors (Lipinski definition) is 2. The molecule has 1 amide bonds. The van der Waals surface area contributed by atoms with Crippen molar-refractivity contribution in [3.63, 3.8) is 0 Å². The van der Waals surface area contributed by atoms with Crippen LogP contribution >= 0.6 is 11.3 Å². The van der Waals surface area contributed by atoms with Gasteiger partial charge in [0.25, 0.3) is 0 Å². The predicted octanol–water partition coefficient (Wildman–Crippen LogP) is 2.88. The molecule has 0 saturated carbocycles. The second-order valence-corrected chi connectivity index (χ2v) is 3.93. The van der Waals surface area contributed by atoms with Crippen LogP contribution < -0.4 is 5.32 Å². The van der Waals surface area contributed by atoms with Crippen molar-refractivity contribution in [2.75, 3.05) is 0 Å². The van der Waals surface area contributed by atoms with Crippen molar-refractivity contribution in [2.24, 2.45) is 0 Å². The molecule has 0 bridgehead atoms. The Kier molecular flexibility index (Phi) is 3.73. The molecule has 0 fully saturated rings. The Balaban J connectivity index is 2.67. The second-order valence-electron chi connectivity index (χ2n) is 2.95. The zero-order valence-electron chi connectivity index (χ0n) is 7.97. The quantitative estimate of drug-likeness (QED) is 0.860. The highest BCUT2D eigenvalue weighted by atomic mass is 32.1. The summed E-state index contributed by atoms with van der Waals surface area (Å²) < 4.78 is 35.9. The molecular formula is C9H10F3NOS. The normalized spacial score (nSPS) is 13.6. The van der Waals surface area contributed by atoms with E-state index in [1.165, 1.54) is 11.3 Å². The van der Waals surface area contributed by atoms with E-state index in [2.05, 4.69) is 0 Å². The van der Waals surface area contributed by atoms with E-state index in [1.807, 2.05) is 5.32 Å². The summed E-state index contributed by atoms with van der Waals surface area (Å²) >= 11 is 1.33. The van der Waals surface area contributed by atoms with Gasteiger partial charge in [-0.2, -0.15) is 13.2 Å². The van der Waals surface area contributed by atoms with Crippen molar-refractivity contribution in [1.29, 1.82) is 0 Å². The summed E-state index contributed by atoms with van der Waals surface area (Å²) in [6.07, 6.45) is -4.38. The predicted molar refractivity (Wildman–Crippen MR) is 51.5 cm³/mol. The van der Waals surface area contributed by atoms with Gasteiger partial charge in [0.15, 0.2) is 0 Å². The van der Waals surface area contributed by atoms with Crippen molar-refractivity contribution >= 4 is 17.2 Å². The van der Waals surface area contributed by atoms with E-state index in [4.69, 9.17) is 0 Å². The van der Waals surface area contributed by atoms with E-state index in [1.54, 1.807) is 24.4 Å². The molecule has 1 aromatic rings. The van der Waals surface area contributed by atoms with Crippen LogP contribution in [0.3, 0.4) is 0 Å². The minimum Gasteiger partial charge on any atom is -0.341 e. The number of alkyl halides is 3. The number of halogens is 3. The Morgan fingerprint density at radius 3 is 2.67 bits per heavy atom. The molecule has 0 aliphatic rings. The van der Waals surface area contributed by atoms with Crippen LogP contribution in [0.25, 0.3) is 0 Å². The molecule has 15 heavy (non-hydrogen) atoms. The summed E-state index contributed by atoms with van der Waals surface area (Å²) in [5.74, 6) is -1.89. The summed E-state index contributed by atoms with van der Waals surface area (Å²) in [6, 6.07) is 2.89. The van der Waals surface area contributed by atoms with E-state index < -0.39 is 18.1 Å². The zero-order valence-corrected chi connectivity index (χ0v) is 8.78. The monoisotopic (exact) mass is 237 g/mol. The Hall–Kier alpha value is -1.04. The Labute approximate surface area is 89.1 Å². The van der Waals surface area contributed by atoms with Crippen LogP contribution in [0.15, 0.2) is 17.5 Å². The van der Waals surface area contributed by atoms with Crippen molar-refractivity contribution in [3.8, 4) is 0 Å². The molecule has 0 aliphatic carbocycles. The molecule has 1 unspecified atom stereocenters. The van der Waals surface area contributed by atoms with Gasteiger partial charge in [-0.05, 0) is 17.9 Å². The Bertz CT molecular complexity index is 321. The topological polar surface area (TPSA) is 29.1 Å². The van der Waals surface area contributed by atoms with Crippen LogP contribution in [0.4, 0.5) is 13.2 Å². The first kappa shape index (κ1) is 12.0. The van der Waals surface area contributed by atoms with Gasteiger partial charge in [-0.15, -0.1) is 11.3 Å². The van der Waals surface area contributed by atoms with E-state index in [-0.39, 0.29) is 0 Å². The van der Waals surface area contributed by atoms with Crippen LogP contribution in [-0.2, 0) is 4.79 Å². The van der Waals surface area contributed by atoms with Crippen molar-refractivity contribution in [2.45, 2.75) is 25.6 Å². The van der Waals surface area contributed by atoms with Crippen molar-refractivity contribution in [3.05, 3.63) is 22.4 Å². The molecule has 1 N–H and O–H groups in total. The van der Waals surface area contributed by atoms with Crippen LogP contribution in [0.2, 0.25) is 0 Å². The van der Waals surface area contributed by atoms with Gasteiger partial charge in [0, 0.05) is 4.88 Å². The van der Waals surface area contributed by atoms with Gasteiger partial charge in [0.1, 0.15) is 0 Å². The van der Waals surface area contributed by atoms with Gasteiger partial charge in [0.2, 0.25) is 0 Å². The number of carbonyl (C=O) groups is 1. The number of carbonyl (C=O) groups excluding carboxylic acids is 1. The van der Waals surface area contributed by atoms with E-state index in [9.17, 15) is 18.0 Å². The van der Waals surface area contributed by atoms with Crippen molar-refractivity contribution in [1.82, 2.24) is 5.32 Å². The summed E-state index contributed by atoms with van der Waals surface area (Å²) in [5.41, 5.74) is 0. The van der Waals surface area contributed by atoms with Crippen LogP contribution in [-0.4, -0.2) is 12.1 Å². The van der Waals surface area contributed by atoms with Crippen LogP contribution in [0.1, 0.15) is 24.3 Å².